The van der Waals surface area contributed by atoms with Crippen LogP contribution in [0.5, 0.6) is 0 Å². The van der Waals surface area contributed by atoms with Crippen molar-refractivity contribution in [1.29, 1.82) is 0 Å². The van der Waals surface area contributed by atoms with Gasteiger partial charge in [0, 0.05) is 13.1 Å². The van der Waals surface area contributed by atoms with Crippen LogP contribution in [0, 0.1) is 11.3 Å². The number of carbonyl (C=O) groups excluding carboxylic acids is 1. The predicted molar refractivity (Wildman–Crippen MR) is 62.5 cm³/mol. The molecule has 0 aromatic heterocycles. The van der Waals surface area contributed by atoms with Gasteiger partial charge in [0.25, 0.3) is 0 Å². The number of carboxylic acid groups (broad SMARTS) is 1. The lowest BCUT2D eigenvalue weighted by molar-refractivity contribution is -0.149. The third kappa shape index (κ3) is 2.97. The lowest BCUT2D eigenvalue weighted by Crippen LogP contribution is -2.46. The maximum Gasteiger partial charge on any atom is 0.323 e. The number of nitrogens with zero attached hydrogens (tertiary/aromatic N) is 1. The third-order valence-corrected chi connectivity index (χ3v) is 3.67. The summed E-state index contributed by atoms with van der Waals surface area (Å²) in [5.41, 5.74) is -0.412. The van der Waals surface area contributed by atoms with E-state index in [1.165, 1.54) is 4.90 Å². The normalized spacial score (nSPS) is 28.1. The summed E-state index contributed by atoms with van der Waals surface area (Å²) >= 11 is 0. The third-order valence-electron chi connectivity index (χ3n) is 3.67. The van der Waals surface area contributed by atoms with E-state index in [9.17, 15) is 9.59 Å². The van der Waals surface area contributed by atoms with Crippen LogP contribution in [0.25, 0.3) is 0 Å². The molecule has 2 rings (SSSR count). The van der Waals surface area contributed by atoms with Gasteiger partial charge in [0.1, 0.15) is 6.54 Å². The molecule has 5 nitrogen and oxygen atoms in total. The van der Waals surface area contributed by atoms with E-state index in [0.29, 0.717) is 19.0 Å². The molecule has 2 fully saturated rings. The Morgan fingerprint density at radius 3 is 2.65 bits per heavy atom. The fraction of sp³-hybridized carbons (Fsp3) is 0.833. The molecule has 5 heteroatoms. The molecule has 96 valence electrons. The van der Waals surface area contributed by atoms with E-state index in [4.69, 9.17) is 5.11 Å². The monoisotopic (exact) mass is 240 g/mol. The van der Waals surface area contributed by atoms with Gasteiger partial charge in [0.05, 0.1) is 5.41 Å². The standard InChI is InChI=1S/C12H20N2O3/c1-12(4-5-13-8-12)11(17)14(7-10(15)16)6-9-2-3-9/h9,13H,2-8H2,1H3,(H,15,16). The first-order valence-corrected chi connectivity index (χ1v) is 6.23. The Morgan fingerprint density at radius 2 is 2.18 bits per heavy atom. The second-order valence-corrected chi connectivity index (χ2v) is 5.51. The molecule has 1 heterocycles. The number of hydrogen-bond donors (Lipinski definition) is 2. The van der Waals surface area contributed by atoms with E-state index in [1.807, 2.05) is 6.92 Å². The van der Waals surface area contributed by atoms with Gasteiger partial charge in [-0.2, -0.15) is 0 Å². The minimum atomic E-state index is -0.923. The molecule has 1 aliphatic carbocycles. The summed E-state index contributed by atoms with van der Waals surface area (Å²) < 4.78 is 0. The van der Waals surface area contributed by atoms with Gasteiger partial charge in [0.15, 0.2) is 0 Å². The number of aliphatic carboxylic acids is 1. The van der Waals surface area contributed by atoms with Crippen LogP contribution in [0.2, 0.25) is 0 Å². The smallest absolute Gasteiger partial charge is 0.323 e. The van der Waals surface area contributed by atoms with Gasteiger partial charge < -0.3 is 15.3 Å². The lowest BCUT2D eigenvalue weighted by atomic mass is 9.88. The van der Waals surface area contributed by atoms with Gasteiger partial charge in [-0.05, 0) is 38.6 Å². The van der Waals surface area contributed by atoms with Crippen LogP contribution in [0.1, 0.15) is 26.2 Å². The highest BCUT2D eigenvalue weighted by atomic mass is 16.4. The number of rotatable bonds is 5. The first-order chi connectivity index (χ1) is 8.01. The minimum absolute atomic E-state index is 0.00296. The Kier molecular flexibility index (Phi) is 3.38. The summed E-state index contributed by atoms with van der Waals surface area (Å²) in [5, 5.41) is 12.1. The molecule has 0 bridgehead atoms. The highest BCUT2D eigenvalue weighted by molar-refractivity contribution is 5.86. The van der Waals surface area contributed by atoms with Crippen LogP contribution in [0.15, 0.2) is 0 Å². The van der Waals surface area contributed by atoms with E-state index < -0.39 is 11.4 Å². The maximum atomic E-state index is 12.4. The fourth-order valence-corrected chi connectivity index (χ4v) is 2.38. The summed E-state index contributed by atoms with van der Waals surface area (Å²) in [4.78, 5) is 24.7. The Morgan fingerprint density at radius 1 is 1.47 bits per heavy atom. The maximum absolute atomic E-state index is 12.4. The first-order valence-electron chi connectivity index (χ1n) is 6.23. The SMILES string of the molecule is CC1(C(=O)N(CC(=O)O)CC2CC2)CCNC1. The van der Waals surface area contributed by atoms with Crippen LogP contribution in [-0.2, 0) is 9.59 Å². The second-order valence-electron chi connectivity index (χ2n) is 5.51. The van der Waals surface area contributed by atoms with Crippen molar-refractivity contribution in [2.45, 2.75) is 26.2 Å². The average molecular weight is 240 g/mol. The fourth-order valence-electron chi connectivity index (χ4n) is 2.38. The zero-order valence-electron chi connectivity index (χ0n) is 10.2. The van der Waals surface area contributed by atoms with Crippen molar-refractivity contribution >= 4 is 11.9 Å². The summed E-state index contributed by atoms with van der Waals surface area (Å²) in [6, 6.07) is 0. The van der Waals surface area contributed by atoms with Gasteiger partial charge in [-0.1, -0.05) is 0 Å². The molecule has 1 unspecified atom stereocenters. The van der Waals surface area contributed by atoms with Gasteiger partial charge in [0.2, 0.25) is 5.91 Å². The Bertz CT molecular complexity index is 320. The van der Waals surface area contributed by atoms with Crippen molar-refractivity contribution in [3.63, 3.8) is 0 Å². The molecular weight excluding hydrogens is 220 g/mol. The zero-order chi connectivity index (χ0) is 12.5. The van der Waals surface area contributed by atoms with Crippen LogP contribution >= 0.6 is 0 Å². The van der Waals surface area contributed by atoms with Gasteiger partial charge in [-0.25, -0.2) is 0 Å². The molecule has 0 aromatic rings. The molecule has 17 heavy (non-hydrogen) atoms. The highest BCUT2D eigenvalue weighted by Crippen LogP contribution is 2.32. The van der Waals surface area contributed by atoms with E-state index in [-0.39, 0.29) is 12.5 Å². The highest BCUT2D eigenvalue weighted by Gasteiger charge is 2.41. The van der Waals surface area contributed by atoms with Crippen molar-refractivity contribution < 1.29 is 14.7 Å². The van der Waals surface area contributed by atoms with E-state index in [1.54, 1.807) is 0 Å². The number of carbonyl (C=O) groups is 2. The molecule has 2 aliphatic rings. The summed E-state index contributed by atoms with van der Waals surface area (Å²) in [6.07, 6.45) is 3.04. The molecule has 1 amide bonds. The molecule has 2 N–H and O–H groups in total. The van der Waals surface area contributed by atoms with Crippen molar-refractivity contribution in [3.8, 4) is 0 Å². The number of nitrogens with one attached hydrogen (secondary N) is 1. The summed E-state index contributed by atoms with van der Waals surface area (Å²) in [7, 11) is 0. The number of carboxylic acids is 1. The van der Waals surface area contributed by atoms with Crippen molar-refractivity contribution in [2.24, 2.45) is 11.3 Å². The van der Waals surface area contributed by atoms with E-state index in [2.05, 4.69) is 5.32 Å². The zero-order valence-corrected chi connectivity index (χ0v) is 10.2. The number of amides is 1. The molecular formula is C12H20N2O3. The quantitative estimate of drug-likeness (QED) is 0.725. The topological polar surface area (TPSA) is 69.6 Å². The van der Waals surface area contributed by atoms with Gasteiger partial charge in [-0.3, -0.25) is 9.59 Å². The largest absolute Gasteiger partial charge is 0.480 e. The summed E-state index contributed by atoms with van der Waals surface area (Å²) in [5.74, 6) is -0.401. The molecule has 1 atom stereocenters. The Hall–Kier alpha value is -1.10. The first kappa shape index (κ1) is 12.4. The van der Waals surface area contributed by atoms with E-state index in [0.717, 1.165) is 25.8 Å². The van der Waals surface area contributed by atoms with Crippen LogP contribution in [-0.4, -0.2) is 48.1 Å². The molecule has 0 spiro atoms. The Balaban J connectivity index is 2.02. The van der Waals surface area contributed by atoms with Crippen LogP contribution in [0.3, 0.4) is 0 Å². The van der Waals surface area contributed by atoms with Gasteiger partial charge in [-0.15, -0.1) is 0 Å². The molecule has 0 aromatic carbocycles. The molecule has 1 saturated heterocycles. The van der Waals surface area contributed by atoms with E-state index >= 15 is 0 Å². The van der Waals surface area contributed by atoms with Crippen molar-refractivity contribution in [3.05, 3.63) is 0 Å². The molecule has 1 aliphatic heterocycles. The van der Waals surface area contributed by atoms with Crippen molar-refractivity contribution in [2.75, 3.05) is 26.2 Å². The molecule has 1 saturated carbocycles. The second kappa shape index (κ2) is 4.64. The lowest BCUT2D eigenvalue weighted by Gasteiger charge is -2.30. The molecule has 0 radical (unpaired) electrons. The van der Waals surface area contributed by atoms with Crippen LogP contribution < -0.4 is 5.32 Å². The van der Waals surface area contributed by atoms with Crippen LogP contribution in [0.4, 0.5) is 0 Å². The predicted octanol–water partition coefficient (Wildman–Crippen LogP) is 0.309. The average Bonchev–Trinajstić information content (AvgIpc) is 2.96. The Labute approximate surface area is 101 Å². The summed E-state index contributed by atoms with van der Waals surface area (Å²) in [6.45, 7) is 3.88. The minimum Gasteiger partial charge on any atom is -0.480 e. The number of hydrogen-bond acceptors (Lipinski definition) is 3. The van der Waals surface area contributed by atoms with Gasteiger partial charge >= 0.3 is 5.97 Å². The van der Waals surface area contributed by atoms with Crippen molar-refractivity contribution in [1.82, 2.24) is 10.2 Å².